The molecule has 156 valence electrons. The van der Waals surface area contributed by atoms with E-state index in [2.05, 4.69) is 46.4 Å². The molecule has 28 heavy (non-hydrogen) atoms. The fourth-order valence-corrected chi connectivity index (χ4v) is 5.35. The second kappa shape index (κ2) is 11.1. The van der Waals surface area contributed by atoms with Crippen LogP contribution in [0, 0.1) is 0 Å². The molecule has 2 fully saturated rings. The molecule has 0 bridgehead atoms. The minimum Gasteiger partial charge on any atom is -0.396 e. The van der Waals surface area contributed by atoms with Crippen molar-refractivity contribution in [2.45, 2.75) is 44.1 Å². The van der Waals surface area contributed by atoms with E-state index in [1.165, 1.54) is 50.3 Å². The van der Waals surface area contributed by atoms with Crippen molar-refractivity contribution < 1.29 is 5.11 Å². The minimum absolute atomic E-state index is 0.0737. The van der Waals surface area contributed by atoms with Crippen molar-refractivity contribution in [3.05, 3.63) is 35.9 Å². The highest BCUT2D eigenvalue weighted by atomic mass is 32.2. The number of benzene rings is 1. The molecule has 1 saturated carbocycles. The van der Waals surface area contributed by atoms with Gasteiger partial charge in [-0.15, -0.1) is 0 Å². The predicted octanol–water partition coefficient (Wildman–Crippen LogP) is 2.68. The van der Waals surface area contributed by atoms with E-state index in [1.807, 2.05) is 18.2 Å². The first-order valence-corrected chi connectivity index (χ1v) is 11.9. The molecule has 3 rings (SSSR count). The number of hydrogen-bond donors (Lipinski definition) is 3. The summed E-state index contributed by atoms with van der Waals surface area (Å²) in [5.41, 5.74) is 1.41. The number of nitrogens with zero attached hydrogens (tertiary/aromatic N) is 2. The standard InChI is InChI=1S/C22H36N4OS/c1-2-23-21(24-16-20(17-27)19-8-4-3-5-9-19)25-18-22(10-6-7-11-22)26-12-14-28-15-13-26/h3-5,8-9,20,27H,2,6-7,10-18H2,1H3,(H2,23,24,25). The van der Waals surface area contributed by atoms with Crippen LogP contribution >= 0.6 is 11.8 Å². The Kier molecular flexibility index (Phi) is 8.49. The summed E-state index contributed by atoms with van der Waals surface area (Å²) >= 11 is 2.07. The second-order valence-corrected chi connectivity index (χ2v) is 9.12. The van der Waals surface area contributed by atoms with Gasteiger partial charge in [-0.3, -0.25) is 9.89 Å². The van der Waals surface area contributed by atoms with Crippen molar-refractivity contribution in [3.63, 3.8) is 0 Å². The number of aliphatic imine (C=N–C) groups is 1. The van der Waals surface area contributed by atoms with E-state index in [0.717, 1.165) is 24.6 Å². The van der Waals surface area contributed by atoms with Gasteiger partial charge in [-0.25, -0.2) is 0 Å². The molecule has 1 aromatic rings. The van der Waals surface area contributed by atoms with Crippen molar-refractivity contribution >= 4 is 17.7 Å². The average Bonchev–Trinajstić information content (AvgIpc) is 3.24. The molecule has 0 aromatic heterocycles. The second-order valence-electron chi connectivity index (χ2n) is 7.90. The highest BCUT2D eigenvalue weighted by molar-refractivity contribution is 7.99. The fraction of sp³-hybridized carbons (Fsp3) is 0.682. The van der Waals surface area contributed by atoms with Gasteiger partial charge in [-0.2, -0.15) is 11.8 Å². The zero-order chi connectivity index (χ0) is 19.7. The normalized spacial score (nSPS) is 21.4. The van der Waals surface area contributed by atoms with Crippen molar-refractivity contribution in [2.75, 3.05) is 50.8 Å². The number of hydrogen-bond acceptors (Lipinski definition) is 4. The Morgan fingerprint density at radius 1 is 1.18 bits per heavy atom. The van der Waals surface area contributed by atoms with Gasteiger partial charge in [0.2, 0.25) is 0 Å². The lowest BCUT2D eigenvalue weighted by molar-refractivity contribution is 0.112. The lowest BCUT2D eigenvalue weighted by Crippen LogP contribution is -2.53. The molecule has 0 radical (unpaired) electrons. The smallest absolute Gasteiger partial charge is 0.191 e. The maximum Gasteiger partial charge on any atom is 0.191 e. The van der Waals surface area contributed by atoms with Gasteiger partial charge in [0.05, 0.1) is 13.2 Å². The summed E-state index contributed by atoms with van der Waals surface area (Å²) in [4.78, 5) is 7.72. The van der Waals surface area contributed by atoms with Crippen molar-refractivity contribution in [3.8, 4) is 0 Å². The molecule has 1 unspecified atom stereocenters. The number of aliphatic hydroxyl groups excluding tert-OH is 1. The van der Waals surface area contributed by atoms with Gasteiger partial charge in [-0.1, -0.05) is 43.2 Å². The largest absolute Gasteiger partial charge is 0.396 e. The molecule has 3 N–H and O–H groups in total. The van der Waals surface area contributed by atoms with E-state index in [4.69, 9.17) is 4.99 Å². The summed E-state index contributed by atoms with van der Waals surface area (Å²) in [5.74, 6) is 3.44. The van der Waals surface area contributed by atoms with E-state index in [1.54, 1.807) is 0 Å². The predicted molar refractivity (Wildman–Crippen MR) is 120 cm³/mol. The van der Waals surface area contributed by atoms with Crippen LogP contribution in [0.4, 0.5) is 0 Å². The van der Waals surface area contributed by atoms with Crippen LogP contribution in [0.5, 0.6) is 0 Å². The van der Waals surface area contributed by atoms with E-state index in [9.17, 15) is 5.11 Å². The highest BCUT2D eigenvalue weighted by Crippen LogP contribution is 2.37. The summed E-state index contributed by atoms with van der Waals surface area (Å²) in [6.07, 6.45) is 5.18. The number of rotatable bonds is 8. The third-order valence-corrected chi connectivity index (χ3v) is 7.04. The average molecular weight is 405 g/mol. The van der Waals surface area contributed by atoms with Crippen LogP contribution in [0.2, 0.25) is 0 Å². The van der Waals surface area contributed by atoms with E-state index < -0.39 is 0 Å². The monoisotopic (exact) mass is 404 g/mol. The van der Waals surface area contributed by atoms with Crippen LogP contribution in [0.3, 0.4) is 0 Å². The van der Waals surface area contributed by atoms with E-state index in [-0.39, 0.29) is 18.1 Å². The molecule has 1 saturated heterocycles. The van der Waals surface area contributed by atoms with Gasteiger partial charge in [0.25, 0.3) is 0 Å². The molecule has 0 amide bonds. The molecular weight excluding hydrogens is 368 g/mol. The Bertz CT molecular complexity index is 598. The number of aliphatic hydroxyl groups is 1. The summed E-state index contributed by atoms with van der Waals surface area (Å²) in [5, 5.41) is 16.7. The van der Waals surface area contributed by atoms with Gasteiger partial charge in [-0.05, 0) is 25.3 Å². The maximum atomic E-state index is 9.83. The van der Waals surface area contributed by atoms with Crippen LogP contribution in [0.1, 0.15) is 44.1 Å². The molecule has 2 aliphatic rings. The van der Waals surface area contributed by atoms with Crippen LogP contribution in [0.25, 0.3) is 0 Å². The van der Waals surface area contributed by atoms with Gasteiger partial charge >= 0.3 is 0 Å². The Hall–Kier alpha value is -1.24. The first-order valence-electron chi connectivity index (χ1n) is 10.8. The molecule has 5 nitrogen and oxygen atoms in total. The Morgan fingerprint density at radius 2 is 1.89 bits per heavy atom. The summed E-state index contributed by atoms with van der Waals surface area (Å²) in [7, 11) is 0. The van der Waals surface area contributed by atoms with Crippen LogP contribution in [-0.2, 0) is 0 Å². The Balaban J connectivity index is 1.64. The van der Waals surface area contributed by atoms with Gasteiger partial charge < -0.3 is 15.7 Å². The highest BCUT2D eigenvalue weighted by Gasteiger charge is 2.39. The number of nitrogens with one attached hydrogen (secondary N) is 2. The maximum absolute atomic E-state index is 9.83. The van der Waals surface area contributed by atoms with E-state index >= 15 is 0 Å². The van der Waals surface area contributed by atoms with Crippen molar-refractivity contribution in [1.82, 2.24) is 15.5 Å². The van der Waals surface area contributed by atoms with Crippen LogP contribution in [0.15, 0.2) is 35.3 Å². The third kappa shape index (κ3) is 5.65. The summed E-state index contributed by atoms with van der Waals surface area (Å²) in [6, 6.07) is 10.2. The van der Waals surface area contributed by atoms with Gasteiger partial charge in [0.15, 0.2) is 5.96 Å². The van der Waals surface area contributed by atoms with Gasteiger partial charge in [0.1, 0.15) is 0 Å². The first-order chi connectivity index (χ1) is 13.8. The van der Waals surface area contributed by atoms with Crippen molar-refractivity contribution in [2.24, 2.45) is 4.99 Å². The molecule has 0 spiro atoms. The molecule has 1 atom stereocenters. The molecule has 1 aromatic carbocycles. The Labute approximate surface area is 174 Å². The number of thioether (sulfide) groups is 1. The lowest BCUT2D eigenvalue weighted by atomic mass is 9.95. The summed E-state index contributed by atoms with van der Waals surface area (Å²) in [6.45, 7) is 7.02. The molecule has 1 aliphatic carbocycles. The fourth-order valence-electron chi connectivity index (χ4n) is 4.45. The number of guanidine groups is 1. The SMILES string of the molecule is CCNC(=NCC1(N2CCSCC2)CCCC1)NCC(CO)c1ccccc1. The molecule has 1 heterocycles. The van der Waals surface area contributed by atoms with Crippen LogP contribution in [-0.4, -0.2) is 72.3 Å². The zero-order valence-electron chi connectivity index (χ0n) is 17.2. The van der Waals surface area contributed by atoms with Gasteiger partial charge in [0, 0.05) is 49.1 Å². The topological polar surface area (TPSA) is 59.9 Å². The first kappa shape index (κ1) is 21.5. The zero-order valence-corrected chi connectivity index (χ0v) is 18.0. The Morgan fingerprint density at radius 3 is 2.54 bits per heavy atom. The minimum atomic E-state index is 0.0737. The molecular formula is C22H36N4OS. The van der Waals surface area contributed by atoms with Crippen LogP contribution < -0.4 is 10.6 Å². The molecule has 6 heteroatoms. The van der Waals surface area contributed by atoms with E-state index in [0.29, 0.717) is 6.54 Å². The molecule has 1 aliphatic heterocycles. The lowest BCUT2D eigenvalue weighted by Gasteiger charge is -2.42. The summed E-state index contributed by atoms with van der Waals surface area (Å²) < 4.78 is 0. The third-order valence-electron chi connectivity index (χ3n) is 6.10. The quantitative estimate of drug-likeness (QED) is 0.459. The van der Waals surface area contributed by atoms with Crippen molar-refractivity contribution in [1.29, 1.82) is 0 Å².